The Morgan fingerprint density at radius 3 is 2.39 bits per heavy atom. The first-order chi connectivity index (χ1) is 25.9. The van der Waals surface area contributed by atoms with Crippen LogP contribution in [0, 0.1) is 17.1 Å². The normalized spacial score (nSPS) is 18.2. The van der Waals surface area contributed by atoms with Crippen molar-refractivity contribution in [1.29, 1.82) is 5.26 Å². The fourth-order valence-electron chi connectivity index (χ4n) is 7.21. The highest BCUT2D eigenvalue weighted by molar-refractivity contribution is 14.1. The number of carbonyl (C=O) groups excluding carboxylic acids is 1. The number of imidazole rings is 1. The molecular weight excluding hydrogens is 816 g/mol. The Kier molecular flexibility index (Phi) is 11.1. The minimum Gasteiger partial charge on any atom is -0.444 e. The number of aryl methyl sites for hydroxylation is 1. The van der Waals surface area contributed by atoms with Crippen LogP contribution in [0.5, 0.6) is 0 Å². The summed E-state index contributed by atoms with van der Waals surface area (Å²) in [4.78, 5) is 33.8. The molecule has 54 heavy (non-hydrogen) atoms. The number of anilines is 3. The van der Waals surface area contributed by atoms with E-state index in [0.29, 0.717) is 43.8 Å². The van der Waals surface area contributed by atoms with Crippen LogP contribution in [-0.2, 0) is 11.2 Å². The molecule has 14 heteroatoms. The molecule has 0 spiro atoms. The van der Waals surface area contributed by atoms with Gasteiger partial charge >= 0.3 is 6.09 Å². The van der Waals surface area contributed by atoms with E-state index in [1.807, 2.05) is 49.9 Å². The minimum absolute atomic E-state index is 0.216. The fraction of sp³-hybridized carbons (Fsp3) is 0.425. The van der Waals surface area contributed by atoms with Gasteiger partial charge in [0.15, 0.2) is 5.13 Å². The van der Waals surface area contributed by atoms with Gasteiger partial charge in [-0.05, 0) is 101 Å². The number of hydrogen-bond donors (Lipinski definition) is 1. The number of nitrogens with one attached hydrogen (secondary N) is 1. The van der Waals surface area contributed by atoms with Gasteiger partial charge in [-0.25, -0.2) is 24.1 Å². The monoisotopic (exact) mass is 861 g/mol. The van der Waals surface area contributed by atoms with Crippen molar-refractivity contribution < 1.29 is 13.9 Å². The molecule has 0 radical (unpaired) electrons. The van der Waals surface area contributed by atoms with Crippen molar-refractivity contribution in [2.45, 2.75) is 81.5 Å². The van der Waals surface area contributed by atoms with E-state index in [-0.39, 0.29) is 11.9 Å². The second-order valence-electron chi connectivity index (χ2n) is 14.9. The van der Waals surface area contributed by atoms with Gasteiger partial charge in [0.1, 0.15) is 45.3 Å². The minimum atomic E-state index is -0.478. The number of piperidine rings is 2. The van der Waals surface area contributed by atoms with E-state index in [1.165, 1.54) is 23.5 Å². The Balaban J connectivity index is 1.02. The molecule has 1 N–H and O–H groups in total. The molecule has 2 fully saturated rings. The van der Waals surface area contributed by atoms with Gasteiger partial charge in [-0.3, -0.25) is 4.40 Å². The topological polar surface area (TPSA) is 115 Å². The SMILES string of the molecule is CCc1nc2ccc(-c3ccc(N4CCC(NC5CCN(C(=O)OC(C)(C)C)CC5)CC4I)nc3)cn2c1N(C)c1nc(-c2ccc(F)cc2)c(C#N)s1. The number of fused-ring (bicyclic) bond motifs is 1. The summed E-state index contributed by atoms with van der Waals surface area (Å²) in [6, 6.07) is 17.5. The number of nitriles is 1. The van der Waals surface area contributed by atoms with Crippen molar-refractivity contribution in [3.63, 3.8) is 0 Å². The van der Waals surface area contributed by atoms with Crippen LogP contribution in [-0.4, -0.2) is 78.8 Å². The molecule has 11 nitrogen and oxygen atoms in total. The number of amides is 1. The Hall–Kier alpha value is -4.33. The van der Waals surface area contributed by atoms with Crippen molar-refractivity contribution in [3.8, 4) is 28.5 Å². The first-order valence-electron chi connectivity index (χ1n) is 18.4. The summed E-state index contributed by atoms with van der Waals surface area (Å²) in [6.45, 7) is 10.1. The van der Waals surface area contributed by atoms with Crippen LogP contribution in [0.2, 0.25) is 0 Å². The van der Waals surface area contributed by atoms with Crippen LogP contribution in [0.3, 0.4) is 0 Å². The number of ether oxygens (including phenoxy) is 1. The number of thiazole rings is 1. The van der Waals surface area contributed by atoms with Gasteiger partial charge in [-0.15, -0.1) is 0 Å². The van der Waals surface area contributed by atoms with E-state index in [9.17, 15) is 14.4 Å². The quantitative estimate of drug-likeness (QED) is 0.0932. The van der Waals surface area contributed by atoms with Crippen LogP contribution >= 0.6 is 33.9 Å². The van der Waals surface area contributed by atoms with Crippen LogP contribution in [0.25, 0.3) is 28.0 Å². The number of benzene rings is 1. The summed E-state index contributed by atoms with van der Waals surface area (Å²) in [5.41, 5.74) is 4.49. The van der Waals surface area contributed by atoms with E-state index < -0.39 is 5.60 Å². The van der Waals surface area contributed by atoms with Gasteiger partial charge in [0.2, 0.25) is 0 Å². The molecule has 1 aromatic carbocycles. The van der Waals surface area contributed by atoms with Crippen molar-refractivity contribution in [2.24, 2.45) is 0 Å². The number of halogens is 2. The Morgan fingerprint density at radius 1 is 1.04 bits per heavy atom. The maximum Gasteiger partial charge on any atom is 0.410 e. The van der Waals surface area contributed by atoms with Crippen LogP contribution in [0.15, 0.2) is 60.9 Å². The first-order valence-corrected chi connectivity index (χ1v) is 20.5. The molecule has 2 aliphatic heterocycles. The molecule has 0 bridgehead atoms. The molecule has 5 aromatic rings. The highest BCUT2D eigenvalue weighted by Crippen LogP contribution is 2.38. The number of pyridine rings is 2. The molecule has 7 rings (SSSR count). The second kappa shape index (κ2) is 15.8. The second-order valence-corrected chi connectivity index (χ2v) is 17.3. The lowest BCUT2D eigenvalue weighted by molar-refractivity contribution is 0.0195. The summed E-state index contributed by atoms with van der Waals surface area (Å²) in [6.07, 6.45) is 8.44. The standard InChI is InChI=1S/C40H45FIN9O2S/c1-6-31-37(48(5)38-47-36(32(22-43)54-38)25-7-11-28(41)12-8-25)51-24-27(10-14-35(51)46-31)26-9-13-34(44-23-26)50-20-17-30(21-33(50)42)45-29-15-18-49(19-16-29)39(52)53-40(2,3)4/h7-14,23-24,29-30,33,45H,6,15-21H2,1-5H3. The van der Waals surface area contributed by atoms with Crippen molar-refractivity contribution >= 4 is 62.4 Å². The molecule has 0 saturated carbocycles. The van der Waals surface area contributed by atoms with Gasteiger partial charge < -0.3 is 24.8 Å². The third-order valence-corrected chi connectivity index (χ3v) is 12.2. The Morgan fingerprint density at radius 2 is 1.74 bits per heavy atom. The van der Waals surface area contributed by atoms with Gasteiger partial charge in [0.05, 0.1) is 9.74 Å². The maximum absolute atomic E-state index is 13.6. The lowest BCUT2D eigenvalue weighted by Crippen LogP contribution is -2.52. The van der Waals surface area contributed by atoms with Crippen LogP contribution in [0.1, 0.15) is 63.9 Å². The fourth-order valence-corrected chi connectivity index (χ4v) is 9.23. The Labute approximate surface area is 333 Å². The third kappa shape index (κ3) is 8.18. The zero-order valence-electron chi connectivity index (χ0n) is 31.2. The van der Waals surface area contributed by atoms with E-state index in [0.717, 1.165) is 79.4 Å². The van der Waals surface area contributed by atoms with Crippen molar-refractivity contribution in [3.05, 3.63) is 77.3 Å². The van der Waals surface area contributed by atoms with E-state index in [1.54, 1.807) is 12.1 Å². The third-order valence-electron chi connectivity index (χ3n) is 9.97. The molecule has 2 saturated heterocycles. The molecule has 2 aliphatic rings. The van der Waals surface area contributed by atoms with E-state index in [4.69, 9.17) is 19.7 Å². The highest BCUT2D eigenvalue weighted by atomic mass is 127. The molecule has 2 unspecified atom stereocenters. The summed E-state index contributed by atoms with van der Waals surface area (Å²) >= 11 is 3.84. The largest absolute Gasteiger partial charge is 0.444 e. The van der Waals surface area contributed by atoms with Gasteiger partial charge in [0.25, 0.3) is 0 Å². The van der Waals surface area contributed by atoms with Crippen molar-refractivity contribution in [2.75, 3.05) is 36.5 Å². The summed E-state index contributed by atoms with van der Waals surface area (Å²) in [5.74, 6) is 1.51. The lowest BCUT2D eigenvalue weighted by atomic mass is 9.99. The van der Waals surface area contributed by atoms with E-state index in [2.05, 4.69) is 74.6 Å². The van der Waals surface area contributed by atoms with Gasteiger partial charge in [0, 0.05) is 67.8 Å². The number of likely N-dealkylation sites (tertiary alicyclic amines) is 1. The van der Waals surface area contributed by atoms with Crippen LogP contribution in [0.4, 0.5) is 26.0 Å². The predicted molar refractivity (Wildman–Crippen MR) is 220 cm³/mol. The van der Waals surface area contributed by atoms with Crippen LogP contribution < -0.4 is 15.1 Å². The number of aromatic nitrogens is 4. The maximum atomic E-state index is 13.6. The molecule has 282 valence electrons. The van der Waals surface area contributed by atoms with Gasteiger partial charge in [-0.1, -0.05) is 40.9 Å². The summed E-state index contributed by atoms with van der Waals surface area (Å²) in [5, 5.41) is 14.4. The number of nitrogens with zero attached hydrogens (tertiary/aromatic N) is 8. The summed E-state index contributed by atoms with van der Waals surface area (Å²) in [7, 11) is 1.94. The highest BCUT2D eigenvalue weighted by Gasteiger charge is 2.32. The molecule has 2 atom stereocenters. The summed E-state index contributed by atoms with van der Waals surface area (Å²) < 4.78 is 21.6. The zero-order valence-corrected chi connectivity index (χ0v) is 34.2. The molecule has 4 aromatic heterocycles. The zero-order chi connectivity index (χ0) is 38.1. The predicted octanol–water partition coefficient (Wildman–Crippen LogP) is 8.58. The molecular formula is C40H45FIN9O2S. The Bertz CT molecular complexity index is 2150. The molecule has 0 aliphatic carbocycles. The number of alkyl halides is 1. The van der Waals surface area contributed by atoms with Crippen molar-refractivity contribution in [1.82, 2.24) is 29.6 Å². The smallest absolute Gasteiger partial charge is 0.410 e. The molecule has 6 heterocycles. The number of rotatable bonds is 8. The lowest BCUT2D eigenvalue weighted by Gasteiger charge is -2.40. The first kappa shape index (κ1) is 38.0. The van der Waals surface area contributed by atoms with E-state index >= 15 is 0 Å². The number of carbonyl (C=O) groups is 1. The number of hydrogen-bond acceptors (Lipinski definition) is 10. The average molecular weight is 862 g/mol. The average Bonchev–Trinajstić information content (AvgIpc) is 3.76. The van der Waals surface area contributed by atoms with Gasteiger partial charge in [-0.2, -0.15) is 5.26 Å². The molecule has 1 amide bonds.